The van der Waals surface area contributed by atoms with Crippen LogP contribution in [0.5, 0.6) is 0 Å². The number of halogens is 1. The molecule has 0 saturated carbocycles. The van der Waals surface area contributed by atoms with Gasteiger partial charge < -0.3 is 14.0 Å². The van der Waals surface area contributed by atoms with Gasteiger partial charge in [-0.25, -0.2) is 4.79 Å². The molecule has 1 aliphatic heterocycles. The maximum absolute atomic E-state index is 12.1. The Morgan fingerprint density at radius 3 is 2.33 bits per heavy atom. The number of esters is 1. The second-order valence-electron chi connectivity index (χ2n) is 6.01. The largest absolute Gasteiger partial charge is 0.497 e. The van der Waals surface area contributed by atoms with Crippen molar-refractivity contribution in [2.24, 2.45) is 0 Å². The summed E-state index contributed by atoms with van der Waals surface area (Å²) in [7, 11) is -0.692. The number of hydrogen-bond donors (Lipinski definition) is 0. The molecular formula is C15H20BClO4. The fraction of sp³-hybridized carbons (Fsp3) is 0.533. The number of carbonyl (C=O) groups is 1. The molecule has 0 N–H and O–H groups in total. The van der Waals surface area contributed by atoms with Crippen LogP contribution in [0.25, 0.3) is 0 Å². The van der Waals surface area contributed by atoms with Crippen LogP contribution >= 0.6 is 11.6 Å². The van der Waals surface area contributed by atoms with Crippen LogP contribution in [0.15, 0.2) is 18.2 Å². The molecule has 0 aliphatic carbocycles. The van der Waals surface area contributed by atoms with Gasteiger partial charge in [-0.05, 0) is 46.8 Å². The zero-order chi connectivity index (χ0) is 15.8. The molecule has 0 spiro atoms. The predicted octanol–water partition coefficient (Wildman–Crippen LogP) is 2.82. The molecule has 0 radical (unpaired) electrons. The van der Waals surface area contributed by atoms with Gasteiger partial charge in [0.05, 0.1) is 23.4 Å². The van der Waals surface area contributed by atoms with E-state index in [4.69, 9.17) is 25.6 Å². The van der Waals surface area contributed by atoms with Crippen LogP contribution in [0.4, 0.5) is 0 Å². The molecule has 0 bridgehead atoms. The van der Waals surface area contributed by atoms with Crippen molar-refractivity contribution in [3.63, 3.8) is 0 Å². The van der Waals surface area contributed by atoms with Gasteiger partial charge in [0.1, 0.15) is 0 Å². The van der Waals surface area contributed by atoms with Crippen molar-refractivity contribution >= 4 is 30.2 Å². The molecule has 114 valence electrons. The maximum Gasteiger partial charge on any atom is 0.497 e. The van der Waals surface area contributed by atoms with E-state index in [1.807, 2.05) is 27.7 Å². The highest BCUT2D eigenvalue weighted by molar-refractivity contribution is 6.67. The lowest BCUT2D eigenvalue weighted by Crippen LogP contribution is -2.41. The second kappa shape index (κ2) is 5.63. The van der Waals surface area contributed by atoms with E-state index in [1.165, 1.54) is 0 Å². The van der Waals surface area contributed by atoms with E-state index in [0.717, 1.165) is 0 Å². The lowest BCUT2D eigenvalue weighted by molar-refractivity contribution is 0.00578. The van der Waals surface area contributed by atoms with Gasteiger partial charge in [0.25, 0.3) is 0 Å². The molecule has 0 atom stereocenters. The topological polar surface area (TPSA) is 44.8 Å². The maximum atomic E-state index is 12.1. The first-order chi connectivity index (χ1) is 9.69. The summed E-state index contributed by atoms with van der Waals surface area (Å²) in [5.41, 5.74) is -0.0925. The van der Waals surface area contributed by atoms with Crippen molar-refractivity contribution in [1.82, 2.24) is 0 Å². The Kier molecular flexibility index (Phi) is 4.38. The Labute approximate surface area is 130 Å². The molecule has 0 unspecified atom stereocenters. The molecule has 1 aromatic carbocycles. The summed E-state index contributed by atoms with van der Waals surface area (Å²) in [5, 5.41) is 0.430. The standard InChI is InChI=1S/C15H20BClO4/c1-6-19-13(18)10-8-7-9-11(17)12(10)16-20-14(2,3)15(4,5)21-16/h7-9H,6H2,1-5H3. The number of ether oxygens (including phenoxy) is 1. The third-order valence-electron chi connectivity index (χ3n) is 4.04. The Bertz CT molecular complexity index is 541. The first-order valence-electron chi connectivity index (χ1n) is 7.01. The summed E-state index contributed by atoms with van der Waals surface area (Å²) >= 11 is 6.27. The van der Waals surface area contributed by atoms with Gasteiger partial charge in [0.15, 0.2) is 0 Å². The summed E-state index contributed by atoms with van der Waals surface area (Å²) in [4.78, 5) is 12.1. The van der Waals surface area contributed by atoms with Crippen molar-refractivity contribution in [2.45, 2.75) is 45.8 Å². The SMILES string of the molecule is CCOC(=O)c1cccc(Cl)c1B1OC(C)(C)C(C)(C)O1. The first kappa shape index (κ1) is 16.3. The molecule has 0 amide bonds. The minimum atomic E-state index is -0.692. The van der Waals surface area contributed by atoms with Gasteiger partial charge in [-0.3, -0.25) is 0 Å². The molecule has 6 heteroatoms. The van der Waals surface area contributed by atoms with Crippen molar-refractivity contribution < 1.29 is 18.8 Å². The predicted molar refractivity (Wildman–Crippen MR) is 83.1 cm³/mol. The first-order valence-corrected chi connectivity index (χ1v) is 7.38. The molecule has 1 saturated heterocycles. The minimum Gasteiger partial charge on any atom is -0.462 e. The molecule has 1 aliphatic rings. The molecule has 4 nitrogen and oxygen atoms in total. The lowest BCUT2D eigenvalue weighted by atomic mass is 9.76. The highest BCUT2D eigenvalue weighted by atomic mass is 35.5. The van der Waals surface area contributed by atoms with Gasteiger partial charge >= 0.3 is 13.1 Å². The summed E-state index contributed by atoms with van der Waals surface area (Å²) in [6, 6.07) is 5.10. The average Bonchev–Trinajstić information content (AvgIpc) is 2.58. The Hall–Kier alpha value is -1.04. The van der Waals surface area contributed by atoms with Gasteiger partial charge in [-0.2, -0.15) is 0 Å². The average molecular weight is 311 g/mol. The second-order valence-corrected chi connectivity index (χ2v) is 6.42. The van der Waals surface area contributed by atoms with Crippen LogP contribution in [-0.2, 0) is 14.0 Å². The summed E-state index contributed by atoms with van der Waals surface area (Å²) in [5.74, 6) is -0.426. The fourth-order valence-electron chi connectivity index (χ4n) is 2.12. The zero-order valence-electron chi connectivity index (χ0n) is 13.0. The summed E-state index contributed by atoms with van der Waals surface area (Å²) < 4.78 is 17.0. The molecule has 1 heterocycles. The highest BCUT2D eigenvalue weighted by Gasteiger charge is 2.53. The van der Waals surface area contributed by atoms with E-state index in [1.54, 1.807) is 25.1 Å². The van der Waals surface area contributed by atoms with Gasteiger partial charge in [-0.1, -0.05) is 17.7 Å². The zero-order valence-corrected chi connectivity index (χ0v) is 13.8. The van der Waals surface area contributed by atoms with E-state index < -0.39 is 24.3 Å². The Morgan fingerprint density at radius 1 is 1.24 bits per heavy atom. The monoisotopic (exact) mass is 310 g/mol. The van der Waals surface area contributed by atoms with Crippen molar-refractivity contribution in [3.8, 4) is 0 Å². The highest BCUT2D eigenvalue weighted by Crippen LogP contribution is 2.37. The summed E-state index contributed by atoms with van der Waals surface area (Å²) in [6.45, 7) is 9.87. The Morgan fingerprint density at radius 2 is 1.81 bits per heavy atom. The van der Waals surface area contributed by atoms with E-state index in [2.05, 4.69) is 0 Å². The van der Waals surface area contributed by atoms with E-state index >= 15 is 0 Å². The smallest absolute Gasteiger partial charge is 0.462 e. The van der Waals surface area contributed by atoms with E-state index in [0.29, 0.717) is 22.7 Å². The van der Waals surface area contributed by atoms with Gasteiger partial charge in [0, 0.05) is 10.5 Å². The van der Waals surface area contributed by atoms with Crippen molar-refractivity contribution in [2.75, 3.05) is 6.61 Å². The molecule has 21 heavy (non-hydrogen) atoms. The van der Waals surface area contributed by atoms with Crippen LogP contribution in [0.1, 0.15) is 45.0 Å². The molecule has 1 fully saturated rings. The number of benzene rings is 1. The summed E-state index contributed by atoms with van der Waals surface area (Å²) in [6.07, 6.45) is 0. The number of carbonyl (C=O) groups excluding carboxylic acids is 1. The van der Waals surface area contributed by atoms with E-state index in [9.17, 15) is 4.79 Å². The van der Waals surface area contributed by atoms with Crippen molar-refractivity contribution in [3.05, 3.63) is 28.8 Å². The van der Waals surface area contributed by atoms with Crippen molar-refractivity contribution in [1.29, 1.82) is 0 Å². The minimum absolute atomic E-state index is 0.300. The molecule has 2 rings (SSSR count). The number of hydrogen-bond acceptors (Lipinski definition) is 4. The molecular weight excluding hydrogens is 290 g/mol. The fourth-order valence-corrected chi connectivity index (χ4v) is 2.39. The number of rotatable bonds is 3. The third-order valence-corrected chi connectivity index (χ3v) is 4.37. The van der Waals surface area contributed by atoms with Crippen LogP contribution in [0, 0.1) is 0 Å². The van der Waals surface area contributed by atoms with Gasteiger partial charge in [0.2, 0.25) is 0 Å². The van der Waals surface area contributed by atoms with E-state index in [-0.39, 0.29) is 0 Å². The third kappa shape index (κ3) is 2.96. The van der Waals surface area contributed by atoms with Crippen LogP contribution in [0.2, 0.25) is 5.02 Å². The van der Waals surface area contributed by atoms with Crippen LogP contribution in [0.3, 0.4) is 0 Å². The lowest BCUT2D eigenvalue weighted by Gasteiger charge is -2.32. The quantitative estimate of drug-likeness (QED) is 0.636. The van der Waals surface area contributed by atoms with Gasteiger partial charge in [-0.15, -0.1) is 0 Å². The normalized spacial score (nSPS) is 19.6. The molecule has 1 aromatic rings. The van der Waals surface area contributed by atoms with Crippen LogP contribution < -0.4 is 5.46 Å². The van der Waals surface area contributed by atoms with Crippen LogP contribution in [-0.4, -0.2) is 30.9 Å². The molecule has 0 aromatic heterocycles. The Balaban J connectivity index is 2.43.